The average molecular weight is 337 g/mol. The van der Waals surface area contributed by atoms with Crippen molar-refractivity contribution in [3.05, 3.63) is 45.3 Å². The lowest BCUT2D eigenvalue weighted by atomic mass is 10.2. The molecule has 1 aliphatic heterocycles. The second-order valence-corrected chi connectivity index (χ2v) is 7.46. The van der Waals surface area contributed by atoms with Crippen LogP contribution in [0.1, 0.15) is 48.2 Å². The summed E-state index contributed by atoms with van der Waals surface area (Å²) >= 11 is 0. The standard InChI is InChI=1S/C19H23N5O/c25-18-10-13-4-1-7-16(13)22-24(18)11-14-5-3-9-23(14)19-15-6-2-8-17(15)20-12-21-19/h10,12,14H,1-9,11H2. The summed E-state index contributed by atoms with van der Waals surface area (Å²) in [6.07, 6.45) is 10.4. The number of aromatic nitrogens is 4. The Bertz CT molecular complexity index is 875. The zero-order valence-electron chi connectivity index (χ0n) is 14.4. The van der Waals surface area contributed by atoms with Crippen LogP contribution in [0, 0.1) is 0 Å². The fourth-order valence-corrected chi connectivity index (χ4v) is 4.66. The number of fused-ring (bicyclic) bond motifs is 2. The lowest BCUT2D eigenvalue weighted by molar-refractivity contribution is 0.481. The van der Waals surface area contributed by atoms with Crippen molar-refractivity contribution in [3.63, 3.8) is 0 Å². The number of rotatable bonds is 3. The van der Waals surface area contributed by atoms with Gasteiger partial charge in [-0.1, -0.05) is 0 Å². The summed E-state index contributed by atoms with van der Waals surface area (Å²) in [6, 6.07) is 2.10. The number of anilines is 1. The number of nitrogens with zero attached hydrogens (tertiary/aromatic N) is 5. The van der Waals surface area contributed by atoms with Gasteiger partial charge < -0.3 is 4.90 Å². The van der Waals surface area contributed by atoms with Gasteiger partial charge in [0.1, 0.15) is 12.1 Å². The summed E-state index contributed by atoms with van der Waals surface area (Å²) in [4.78, 5) is 23.9. The summed E-state index contributed by atoms with van der Waals surface area (Å²) in [5.41, 5.74) is 4.85. The molecule has 0 bridgehead atoms. The minimum absolute atomic E-state index is 0.0421. The van der Waals surface area contributed by atoms with Crippen LogP contribution in [0.25, 0.3) is 0 Å². The van der Waals surface area contributed by atoms with Gasteiger partial charge in [0.25, 0.3) is 5.56 Å². The molecule has 130 valence electrons. The number of hydrogen-bond acceptors (Lipinski definition) is 5. The van der Waals surface area contributed by atoms with Gasteiger partial charge in [0.15, 0.2) is 0 Å². The molecule has 1 unspecified atom stereocenters. The Morgan fingerprint density at radius 2 is 1.92 bits per heavy atom. The molecule has 2 aromatic heterocycles. The quantitative estimate of drug-likeness (QED) is 0.853. The first-order chi connectivity index (χ1) is 12.3. The molecule has 0 N–H and O–H groups in total. The van der Waals surface area contributed by atoms with Crippen LogP contribution >= 0.6 is 0 Å². The van der Waals surface area contributed by atoms with E-state index < -0.39 is 0 Å². The Morgan fingerprint density at radius 1 is 1.04 bits per heavy atom. The fraction of sp³-hybridized carbons (Fsp3) is 0.579. The zero-order chi connectivity index (χ0) is 16.8. The average Bonchev–Trinajstić information content (AvgIpc) is 3.34. The van der Waals surface area contributed by atoms with Gasteiger partial charge in [-0.15, -0.1) is 0 Å². The topological polar surface area (TPSA) is 63.9 Å². The number of hydrogen-bond donors (Lipinski definition) is 0. The lowest BCUT2D eigenvalue weighted by Gasteiger charge is -2.27. The van der Waals surface area contributed by atoms with E-state index in [4.69, 9.17) is 0 Å². The van der Waals surface area contributed by atoms with Crippen LogP contribution in [0.2, 0.25) is 0 Å². The molecule has 25 heavy (non-hydrogen) atoms. The van der Waals surface area contributed by atoms with Crippen molar-refractivity contribution in [2.75, 3.05) is 11.4 Å². The Morgan fingerprint density at radius 3 is 2.88 bits per heavy atom. The predicted octanol–water partition coefficient (Wildman–Crippen LogP) is 1.68. The highest BCUT2D eigenvalue weighted by Crippen LogP contribution is 2.32. The molecule has 1 fully saturated rings. The van der Waals surface area contributed by atoms with E-state index in [9.17, 15) is 4.79 Å². The van der Waals surface area contributed by atoms with Crippen molar-refractivity contribution < 1.29 is 0 Å². The molecule has 0 saturated carbocycles. The first-order valence-corrected chi connectivity index (χ1v) is 9.49. The van der Waals surface area contributed by atoms with Gasteiger partial charge in [-0.2, -0.15) is 5.10 Å². The molecule has 0 aromatic carbocycles. The molecule has 2 aromatic rings. The zero-order valence-corrected chi connectivity index (χ0v) is 14.4. The highest BCUT2D eigenvalue weighted by Gasteiger charge is 2.30. The molecule has 2 aliphatic carbocycles. The molecule has 6 nitrogen and oxygen atoms in total. The van der Waals surface area contributed by atoms with E-state index in [1.165, 1.54) is 17.7 Å². The SMILES string of the molecule is O=c1cc2c(nn1CC1CCCN1c1ncnc3c1CCC3)CCC2. The van der Waals surface area contributed by atoms with Crippen molar-refractivity contribution >= 4 is 5.82 Å². The van der Waals surface area contributed by atoms with E-state index in [2.05, 4.69) is 20.0 Å². The fourth-order valence-electron chi connectivity index (χ4n) is 4.66. The maximum Gasteiger partial charge on any atom is 0.267 e. The van der Waals surface area contributed by atoms with Crippen LogP contribution in [-0.2, 0) is 32.2 Å². The predicted molar refractivity (Wildman–Crippen MR) is 94.9 cm³/mol. The Kier molecular flexibility index (Phi) is 3.57. The minimum Gasteiger partial charge on any atom is -0.351 e. The third-order valence-electron chi connectivity index (χ3n) is 5.91. The first-order valence-electron chi connectivity index (χ1n) is 9.49. The third-order valence-corrected chi connectivity index (χ3v) is 5.91. The number of aryl methyl sites for hydroxylation is 3. The molecular weight excluding hydrogens is 314 g/mol. The highest BCUT2D eigenvalue weighted by molar-refractivity contribution is 5.52. The molecule has 0 amide bonds. The monoisotopic (exact) mass is 337 g/mol. The van der Waals surface area contributed by atoms with Crippen molar-refractivity contribution in [1.29, 1.82) is 0 Å². The van der Waals surface area contributed by atoms with Crippen LogP contribution in [0.15, 0.2) is 17.2 Å². The minimum atomic E-state index is 0.0421. The van der Waals surface area contributed by atoms with Crippen LogP contribution in [-0.4, -0.2) is 32.3 Å². The summed E-state index contributed by atoms with van der Waals surface area (Å²) in [7, 11) is 0. The van der Waals surface area contributed by atoms with Gasteiger partial charge in [-0.05, 0) is 56.9 Å². The molecule has 0 spiro atoms. The molecular formula is C19H23N5O. The van der Waals surface area contributed by atoms with Crippen LogP contribution in [0.4, 0.5) is 5.82 Å². The van der Waals surface area contributed by atoms with Crippen molar-refractivity contribution in [3.8, 4) is 0 Å². The van der Waals surface area contributed by atoms with Gasteiger partial charge in [0, 0.05) is 23.9 Å². The highest BCUT2D eigenvalue weighted by atomic mass is 16.1. The molecule has 5 rings (SSSR count). The molecule has 6 heteroatoms. The maximum atomic E-state index is 12.5. The summed E-state index contributed by atoms with van der Waals surface area (Å²) in [5, 5.41) is 4.66. The molecule has 1 atom stereocenters. The molecule has 3 heterocycles. The Hall–Kier alpha value is -2.24. The third kappa shape index (κ3) is 2.55. The largest absolute Gasteiger partial charge is 0.351 e. The van der Waals surface area contributed by atoms with Crippen LogP contribution in [0.3, 0.4) is 0 Å². The van der Waals surface area contributed by atoms with Gasteiger partial charge in [-0.25, -0.2) is 14.6 Å². The van der Waals surface area contributed by atoms with E-state index in [0.29, 0.717) is 12.6 Å². The second kappa shape index (κ2) is 5.93. The van der Waals surface area contributed by atoms with Gasteiger partial charge in [0.05, 0.1) is 18.3 Å². The molecule has 1 saturated heterocycles. The smallest absolute Gasteiger partial charge is 0.267 e. The summed E-state index contributed by atoms with van der Waals surface area (Å²) in [5.74, 6) is 1.10. The summed E-state index contributed by atoms with van der Waals surface area (Å²) < 4.78 is 1.69. The Labute approximate surface area is 146 Å². The van der Waals surface area contributed by atoms with Gasteiger partial charge in [-0.3, -0.25) is 4.79 Å². The first kappa shape index (κ1) is 15.0. The van der Waals surface area contributed by atoms with Crippen molar-refractivity contribution in [1.82, 2.24) is 19.7 Å². The molecule has 0 radical (unpaired) electrons. The molecule has 3 aliphatic rings. The van der Waals surface area contributed by atoms with E-state index in [1.54, 1.807) is 17.1 Å². The van der Waals surface area contributed by atoms with Gasteiger partial charge >= 0.3 is 0 Å². The Balaban J connectivity index is 1.45. The van der Waals surface area contributed by atoms with Crippen LogP contribution < -0.4 is 10.5 Å². The van der Waals surface area contributed by atoms with Crippen molar-refractivity contribution in [2.45, 2.75) is 64.0 Å². The van der Waals surface area contributed by atoms with Crippen molar-refractivity contribution in [2.24, 2.45) is 0 Å². The second-order valence-electron chi connectivity index (χ2n) is 7.46. The van der Waals surface area contributed by atoms with Gasteiger partial charge in [0.2, 0.25) is 0 Å². The van der Waals surface area contributed by atoms with Crippen LogP contribution in [0.5, 0.6) is 0 Å². The summed E-state index contributed by atoms with van der Waals surface area (Å²) in [6.45, 7) is 1.67. The van der Waals surface area contributed by atoms with E-state index in [0.717, 1.165) is 68.6 Å². The lowest BCUT2D eigenvalue weighted by Crippen LogP contribution is -2.38. The maximum absolute atomic E-state index is 12.5. The normalized spacial score (nSPS) is 21.6. The van der Waals surface area contributed by atoms with E-state index >= 15 is 0 Å². The van der Waals surface area contributed by atoms with E-state index in [-0.39, 0.29) is 5.56 Å². The van der Waals surface area contributed by atoms with E-state index in [1.807, 2.05) is 0 Å².